The predicted octanol–water partition coefficient (Wildman–Crippen LogP) is 0.143. The number of hydrogen-bond acceptors (Lipinski definition) is 10. The van der Waals surface area contributed by atoms with Gasteiger partial charge in [-0.05, 0) is 23.4 Å². The molecule has 0 aliphatic carbocycles. The summed E-state index contributed by atoms with van der Waals surface area (Å²) in [5.41, 5.74) is -0.0277. The Morgan fingerprint density at radius 2 is 1.64 bits per heavy atom. The van der Waals surface area contributed by atoms with Crippen molar-refractivity contribution in [2.75, 3.05) is 62.3 Å². The van der Waals surface area contributed by atoms with E-state index in [-0.39, 0.29) is 29.4 Å². The molecule has 0 bridgehead atoms. The molecule has 0 spiro atoms. The van der Waals surface area contributed by atoms with E-state index < -0.39 is 15.8 Å². The van der Waals surface area contributed by atoms with Crippen LogP contribution in [-0.4, -0.2) is 95.8 Å². The van der Waals surface area contributed by atoms with Crippen molar-refractivity contribution in [3.8, 4) is 11.4 Å². The van der Waals surface area contributed by atoms with Crippen molar-refractivity contribution in [1.82, 2.24) is 34.9 Å². The molecule has 14 heteroatoms. The number of ether oxygens (including phenoxy) is 1. The molecule has 12 nitrogen and oxygen atoms in total. The van der Waals surface area contributed by atoms with Crippen molar-refractivity contribution >= 4 is 21.7 Å². The molecule has 0 atom stereocenters. The number of sulfonamides is 1. The topological polar surface area (TPSA) is 133 Å². The van der Waals surface area contributed by atoms with E-state index in [1.807, 2.05) is 11.0 Å². The molecule has 2 aliphatic rings. The molecule has 3 aromatic rings. The van der Waals surface area contributed by atoms with Gasteiger partial charge in [0.1, 0.15) is 23.8 Å². The lowest BCUT2D eigenvalue weighted by molar-refractivity contribution is 0.122. The number of tetrazole rings is 1. The summed E-state index contributed by atoms with van der Waals surface area (Å²) in [6.45, 7) is 4.34. The summed E-state index contributed by atoms with van der Waals surface area (Å²) >= 11 is 0. The van der Waals surface area contributed by atoms with Gasteiger partial charge in [0.2, 0.25) is 15.8 Å². The van der Waals surface area contributed by atoms with Crippen molar-refractivity contribution in [1.29, 1.82) is 0 Å². The maximum atomic E-state index is 14.2. The summed E-state index contributed by atoms with van der Waals surface area (Å²) in [6.07, 6.45) is 1.53. The molecule has 33 heavy (non-hydrogen) atoms. The predicted molar refractivity (Wildman–Crippen MR) is 116 cm³/mol. The average molecular weight is 476 g/mol. The molecule has 2 aromatic heterocycles. The largest absolute Gasteiger partial charge is 0.378 e. The molecule has 0 unspecified atom stereocenters. The van der Waals surface area contributed by atoms with Crippen molar-refractivity contribution in [3.05, 3.63) is 36.4 Å². The van der Waals surface area contributed by atoms with Crippen molar-refractivity contribution in [3.63, 3.8) is 0 Å². The number of hydrogen-bond donors (Lipinski definition) is 1. The number of halogens is 1. The highest BCUT2D eigenvalue weighted by atomic mass is 32.2. The molecule has 2 saturated heterocycles. The molecule has 2 fully saturated rings. The van der Waals surface area contributed by atoms with Gasteiger partial charge in [-0.3, -0.25) is 0 Å². The number of benzene rings is 1. The van der Waals surface area contributed by atoms with Gasteiger partial charge in [-0.1, -0.05) is 0 Å². The molecule has 0 amide bonds. The number of piperazine rings is 1. The summed E-state index contributed by atoms with van der Waals surface area (Å²) in [5.74, 6) is 0.956. The molecule has 0 radical (unpaired) electrons. The van der Waals surface area contributed by atoms with Gasteiger partial charge < -0.3 is 14.5 Å². The Morgan fingerprint density at radius 1 is 0.939 bits per heavy atom. The van der Waals surface area contributed by atoms with Crippen LogP contribution in [-0.2, 0) is 14.8 Å². The highest BCUT2D eigenvalue weighted by Crippen LogP contribution is 2.26. The van der Waals surface area contributed by atoms with Crippen LogP contribution < -0.4 is 9.80 Å². The fourth-order valence-corrected chi connectivity index (χ4v) is 5.34. The van der Waals surface area contributed by atoms with Gasteiger partial charge in [-0.2, -0.15) is 9.52 Å². The van der Waals surface area contributed by atoms with Crippen LogP contribution in [0.1, 0.15) is 0 Å². The first-order chi connectivity index (χ1) is 16.0. The Kier molecular flexibility index (Phi) is 5.86. The highest BCUT2D eigenvalue weighted by molar-refractivity contribution is 7.89. The van der Waals surface area contributed by atoms with Gasteiger partial charge in [0, 0.05) is 45.3 Å². The Bertz CT molecular complexity index is 1210. The first-order valence-electron chi connectivity index (χ1n) is 10.5. The number of aromatic nitrogens is 6. The van der Waals surface area contributed by atoms with Crippen molar-refractivity contribution in [2.24, 2.45) is 0 Å². The van der Waals surface area contributed by atoms with Gasteiger partial charge in [0.15, 0.2) is 0 Å². The quantitative estimate of drug-likeness (QED) is 0.543. The van der Waals surface area contributed by atoms with Gasteiger partial charge in [0.25, 0.3) is 0 Å². The summed E-state index contributed by atoms with van der Waals surface area (Å²) < 4.78 is 47.4. The summed E-state index contributed by atoms with van der Waals surface area (Å²) in [6, 6.07) is 5.51. The van der Waals surface area contributed by atoms with E-state index in [4.69, 9.17) is 4.74 Å². The van der Waals surface area contributed by atoms with Crippen LogP contribution in [0.5, 0.6) is 0 Å². The zero-order valence-corrected chi connectivity index (χ0v) is 18.4. The molecular weight excluding hydrogens is 453 g/mol. The lowest BCUT2D eigenvalue weighted by Gasteiger charge is -2.35. The number of morpholine rings is 1. The fraction of sp³-hybridized carbons (Fsp3) is 0.421. The number of anilines is 2. The van der Waals surface area contributed by atoms with E-state index in [9.17, 15) is 12.8 Å². The molecule has 1 aromatic carbocycles. The van der Waals surface area contributed by atoms with E-state index >= 15 is 0 Å². The Morgan fingerprint density at radius 3 is 2.30 bits per heavy atom. The third kappa shape index (κ3) is 4.36. The summed E-state index contributed by atoms with van der Waals surface area (Å²) in [4.78, 5) is 12.9. The first kappa shape index (κ1) is 21.6. The van der Waals surface area contributed by atoms with E-state index in [0.29, 0.717) is 26.3 Å². The fourth-order valence-electron chi connectivity index (χ4n) is 3.89. The van der Waals surface area contributed by atoms with Crippen LogP contribution in [0.2, 0.25) is 0 Å². The monoisotopic (exact) mass is 475 g/mol. The normalized spacial score (nSPS) is 18.0. The van der Waals surface area contributed by atoms with Gasteiger partial charge in [0.05, 0.1) is 23.7 Å². The maximum Gasteiger partial charge on any atom is 0.243 e. The second-order valence-corrected chi connectivity index (χ2v) is 9.54. The molecule has 0 saturated carbocycles. The minimum Gasteiger partial charge on any atom is -0.378 e. The molecule has 2 aliphatic heterocycles. The second-order valence-electron chi connectivity index (χ2n) is 7.60. The van der Waals surface area contributed by atoms with Gasteiger partial charge in [-0.15, -0.1) is 10.2 Å². The van der Waals surface area contributed by atoms with Gasteiger partial charge >= 0.3 is 0 Å². The maximum absolute atomic E-state index is 14.2. The third-order valence-electron chi connectivity index (χ3n) is 5.70. The molecule has 4 heterocycles. The van der Waals surface area contributed by atoms with Crippen LogP contribution in [0.15, 0.2) is 35.5 Å². The molecule has 5 rings (SSSR count). The third-order valence-corrected chi connectivity index (χ3v) is 7.59. The summed E-state index contributed by atoms with van der Waals surface area (Å²) in [7, 11) is -3.82. The Hall–Kier alpha value is -3.23. The number of nitrogens with zero attached hydrogens (tertiary/aromatic N) is 8. The van der Waals surface area contributed by atoms with E-state index in [1.54, 1.807) is 0 Å². The minimum atomic E-state index is -3.82. The van der Waals surface area contributed by atoms with Crippen LogP contribution in [0.4, 0.5) is 16.0 Å². The number of H-pyrrole nitrogens is 1. The van der Waals surface area contributed by atoms with Crippen LogP contribution >= 0.6 is 0 Å². The first-order valence-corrected chi connectivity index (χ1v) is 11.9. The number of rotatable bonds is 5. The highest BCUT2D eigenvalue weighted by Gasteiger charge is 2.30. The number of nitrogens with one attached hydrogen (secondary N) is 1. The van der Waals surface area contributed by atoms with Crippen LogP contribution in [0.3, 0.4) is 0 Å². The molecule has 174 valence electrons. The Balaban J connectivity index is 1.30. The van der Waals surface area contributed by atoms with Crippen molar-refractivity contribution < 1.29 is 17.5 Å². The molecule has 1 N–H and O–H groups in total. The van der Waals surface area contributed by atoms with E-state index in [2.05, 4.69) is 35.5 Å². The zero-order valence-electron chi connectivity index (χ0n) is 17.6. The standard InChI is InChI=1S/C19H22FN9O3S/c20-16-2-1-14(11-15(16)19-23-25-26-24-19)33(30,31)29-5-3-27(4-6-29)17-12-18(22-13-21-17)28-7-9-32-10-8-28/h1-2,11-13H,3-10H2,(H,23,24,25,26). The van der Waals surface area contributed by atoms with Gasteiger partial charge in [-0.25, -0.2) is 22.8 Å². The smallest absolute Gasteiger partial charge is 0.243 e. The summed E-state index contributed by atoms with van der Waals surface area (Å²) in [5, 5.41) is 13.1. The van der Waals surface area contributed by atoms with Crippen LogP contribution in [0, 0.1) is 5.82 Å². The zero-order chi connectivity index (χ0) is 22.8. The number of aromatic amines is 1. The van der Waals surface area contributed by atoms with E-state index in [1.165, 1.54) is 22.8 Å². The average Bonchev–Trinajstić information content (AvgIpc) is 3.40. The minimum absolute atomic E-state index is 0.00537. The lowest BCUT2D eigenvalue weighted by Crippen LogP contribution is -2.49. The van der Waals surface area contributed by atoms with Crippen LogP contribution in [0.25, 0.3) is 11.4 Å². The van der Waals surface area contributed by atoms with E-state index in [0.717, 1.165) is 30.8 Å². The SMILES string of the molecule is O=S(=O)(c1ccc(F)c(-c2nn[nH]n2)c1)N1CCN(c2cc(N3CCOCC3)ncn2)CC1. The molecular formula is C19H22FN9O3S. The lowest BCUT2D eigenvalue weighted by atomic mass is 10.2. The second kappa shape index (κ2) is 8.96. The Labute approximate surface area is 189 Å². The van der Waals surface area contributed by atoms with Crippen molar-refractivity contribution in [2.45, 2.75) is 4.90 Å².